The smallest absolute Gasteiger partial charge is 0.226 e. The van der Waals surface area contributed by atoms with Gasteiger partial charge in [0.1, 0.15) is 11.9 Å². The van der Waals surface area contributed by atoms with Crippen LogP contribution in [0.5, 0.6) is 5.75 Å². The fourth-order valence-electron chi connectivity index (χ4n) is 4.20. The van der Waals surface area contributed by atoms with Gasteiger partial charge in [-0.1, -0.05) is 37.5 Å². The average Bonchev–Trinajstić information content (AvgIpc) is 3.28. The maximum Gasteiger partial charge on any atom is 0.226 e. The summed E-state index contributed by atoms with van der Waals surface area (Å²) in [6, 6.07) is 14.0. The Morgan fingerprint density at radius 1 is 1.03 bits per heavy atom. The molecule has 2 aromatic rings. The van der Waals surface area contributed by atoms with Gasteiger partial charge in [-0.25, -0.2) is 0 Å². The molecule has 1 aliphatic heterocycles. The van der Waals surface area contributed by atoms with Crippen molar-refractivity contribution in [1.29, 1.82) is 0 Å². The molecule has 1 saturated heterocycles. The van der Waals surface area contributed by atoms with Gasteiger partial charge >= 0.3 is 0 Å². The van der Waals surface area contributed by atoms with Crippen LogP contribution in [-0.2, 0) is 22.6 Å². The number of hydrogen-bond acceptors (Lipinski definition) is 4. The van der Waals surface area contributed by atoms with E-state index < -0.39 is 0 Å². The fourth-order valence-corrected chi connectivity index (χ4v) is 4.20. The lowest BCUT2D eigenvalue weighted by molar-refractivity contribution is -0.138. The van der Waals surface area contributed by atoms with Gasteiger partial charge < -0.3 is 14.4 Å². The number of aromatic nitrogens is 1. The van der Waals surface area contributed by atoms with Crippen molar-refractivity contribution in [2.75, 3.05) is 13.2 Å². The van der Waals surface area contributed by atoms with E-state index in [1.165, 1.54) is 6.42 Å². The predicted molar refractivity (Wildman–Crippen MR) is 111 cm³/mol. The minimum absolute atomic E-state index is 0.148. The summed E-state index contributed by atoms with van der Waals surface area (Å²) >= 11 is 0. The van der Waals surface area contributed by atoms with Crippen molar-refractivity contribution in [3.8, 4) is 5.75 Å². The van der Waals surface area contributed by atoms with Gasteiger partial charge in [-0.15, -0.1) is 0 Å². The Labute approximate surface area is 173 Å². The predicted octanol–water partition coefficient (Wildman–Crippen LogP) is 4.36. The van der Waals surface area contributed by atoms with Crippen LogP contribution >= 0.6 is 0 Å². The van der Waals surface area contributed by atoms with Crippen molar-refractivity contribution in [2.45, 2.75) is 57.7 Å². The zero-order chi connectivity index (χ0) is 19.9. The number of rotatable bonds is 7. The molecule has 0 bridgehead atoms. The molecule has 1 atom stereocenters. The van der Waals surface area contributed by atoms with Crippen LogP contribution in [0.15, 0.2) is 48.7 Å². The highest BCUT2D eigenvalue weighted by Crippen LogP contribution is 2.27. The van der Waals surface area contributed by atoms with Crippen molar-refractivity contribution >= 4 is 5.91 Å². The van der Waals surface area contributed by atoms with Gasteiger partial charge in [0.05, 0.1) is 25.5 Å². The molecular weight excluding hydrogens is 364 g/mol. The van der Waals surface area contributed by atoms with Crippen molar-refractivity contribution in [2.24, 2.45) is 5.92 Å². The molecule has 29 heavy (non-hydrogen) atoms. The quantitative estimate of drug-likeness (QED) is 0.700. The maximum absolute atomic E-state index is 13.3. The van der Waals surface area contributed by atoms with Crippen molar-refractivity contribution < 1.29 is 14.3 Å². The second-order valence-corrected chi connectivity index (χ2v) is 8.10. The number of nitrogens with zero attached hydrogens (tertiary/aromatic N) is 2. The standard InChI is InChI=1S/C24H30N2O3/c27-24(20-6-2-1-3-7-20)26(17-21-8-4-5-14-25-21)16-19-9-11-22(12-10-19)29-23-13-15-28-18-23/h4-5,8-12,14,20,23H,1-3,6-7,13,15-18H2/t23-/m0/s1. The summed E-state index contributed by atoms with van der Waals surface area (Å²) in [5, 5.41) is 0. The van der Waals surface area contributed by atoms with Gasteiger partial charge in [0.2, 0.25) is 5.91 Å². The first-order chi connectivity index (χ1) is 14.3. The molecule has 154 valence electrons. The molecule has 2 fully saturated rings. The number of carbonyl (C=O) groups excluding carboxylic acids is 1. The number of ether oxygens (including phenoxy) is 2. The molecule has 1 amide bonds. The molecule has 0 unspecified atom stereocenters. The first kappa shape index (κ1) is 19.9. The van der Waals surface area contributed by atoms with Crippen LogP contribution < -0.4 is 4.74 Å². The molecule has 2 aliphatic rings. The second kappa shape index (κ2) is 9.88. The Hall–Kier alpha value is -2.40. The Kier molecular flexibility index (Phi) is 6.78. The van der Waals surface area contributed by atoms with E-state index in [2.05, 4.69) is 17.1 Å². The van der Waals surface area contributed by atoms with Gasteiger partial charge in [0.25, 0.3) is 0 Å². The Balaban J connectivity index is 1.44. The first-order valence-corrected chi connectivity index (χ1v) is 10.8. The summed E-state index contributed by atoms with van der Waals surface area (Å²) in [6.07, 6.45) is 8.45. The van der Waals surface area contributed by atoms with E-state index in [-0.39, 0.29) is 17.9 Å². The number of amides is 1. The number of pyridine rings is 1. The van der Waals surface area contributed by atoms with Gasteiger partial charge in [-0.2, -0.15) is 0 Å². The summed E-state index contributed by atoms with van der Waals surface area (Å²) in [7, 11) is 0. The summed E-state index contributed by atoms with van der Waals surface area (Å²) in [5.74, 6) is 1.27. The first-order valence-electron chi connectivity index (χ1n) is 10.8. The van der Waals surface area contributed by atoms with Crippen molar-refractivity contribution in [1.82, 2.24) is 9.88 Å². The zero-order valence-corrected chi connectivity index (χ0v) is 17.0. The van der Waals surface area contributed by atoms with Crippen LogP contribution in [0.4, 0.5) is 0 Å². The monoisotopic (exact) mass is 394 g/mol. The second-order valence-electron chi connectivity index (χ2n) is 8.10. The highest BCUT2D eigenvalue weighted by atomic mass is 16.5. The summed E-state index contributed by atoms with van der Waals surface area (Å²) < 4.78 is 11.3. The van der Waals surface area contributed by atoms with Gasteiger partial charge in [-0.3, -0.25) is 9.78 Å². The average molecular weight is 395 g/mol. The van der Waals surface area contributed by atoms with E-state index in [0.29, 0.717) is 19.7 Å². The lowest BCUT2D eigenvalue weighted by atomic mass is 9.88. The van der Waals surface area contributed by atoms with Crippen LogP contribution in [0, 0.1) is 5.92 Å². The molecule has 5 nitrogen and oxygen atoms in total. The Morgan fingerprint density at radius 2 is 1.86 bits per heavy atom. The largest absolute Gasteiger partial charge is 0.488 e. The molecule has 0 N–H and O–H groups in total. The Morgan fingerprint density at radius 3 is 2.55 bits per heavy atom. The van der Waals surface area contributed by atoms with Gasteiger partial charge in [0, 0.05) is 25.1 Å². The third kappa shape index (κ3) is 5.57. The van der Waals surface area contributed by atoms with Crippen LogP contribution in [-0.4, -0.2) is 35.1 Å². The van der Waals surface area contributed by atoms with E-state index >= 15 is 0 Å². The molecule has 1 aliphatic carbocycles. The number of carbonyl (C=O) groups is 1. The molecule has 5 heteroatoms. The third-order valence-electron chi connectivity index (χ3n) is 5.83. The zero-order valence-electron chi connectivity index (χ0n) is 17.0. The van der Waals surface area contributed by atoms with Crippen LogP contribution in [0.2, 0.25) is 0 Å². The van der Waals surface area contributed by atoms with E-state index in [4.69, 9.17) is 9.47 Å². The van der Waals surface area contributed by atoms with E-state index in [0.717, 1.165) is 55.7 Å². The minimum Gasteiger partial charge on any atom is -0.488 e. The van der Waals surface area contributed by atoms with Crippen LogP contribution in [0.25, 0.3) is 0 Å². The third-order valence-corrected chi connectivity index (χ3v) is 5.83. The summed E-state index contributed by atoms with van der Waals surface area (Å²) in [6.45, 7) is 2.58. The highest BCUT2D eigenvalue weighted by molar-refractivity contribution is 5.79. The lowest BCUT2D eigenvalue weighted by Gasteiger charge is -2.29. The van der Waals surface area contributed by atoms with E-state index in [9.17, 15) is 4.79 Å². The maximum atomic E-state index is 13.3. The normalized spacial score (nSPS) is 19.8. The Bertz CT molecular complexity index is 766. The molecule has 0 radical (unpaired) electrons. The van der Waals surface area contributed by atoms with Gasteiger partial charge in [0.15, 0.2) is 0 Å². The van der Waals surface area contributed by atoms with E-state index in [1.54, 1.807) is 6.20 Å². The molecule has 2 heterocycles. The lowest BCUT2D eigenvalue weighted by Crippen LogP contribution is -2.36. The highest BCUT2D eigenvalue weighted by Gasteiger charge is 2.26. The molecule has 1 aromatic heterocycles. The number of hydrogen-bond donors (Lipinski definition) is 0. The SMILES string of the molecule is O=C(C1CCCCC1)N(Cc1ccc(O[C@H]2CCOC2)cc1)Cc1ccccn1. The van der Waals surface area contributed by atoms with Crippen LogP contribution in [0.3, 0.4) is 0 Å². The number of benzene rings is 1. The van der Waals surface area contributed by atoms with Crippen molar-refractivity contribution in [3.63, 3.8) is 0 Å². The molecule has 1 aromatic carbocycles. The fraction of sp³-hybridized carbons (Fsp3) is 0.500. The molecular formula is C24H30N2O3. The summed E-state index contributed by atoms with van der Waals surface area (Å²) in [4.78, 5) is 19.7. The minimum atomic E-state index is 0.148. The summed E-state index contributed by atoms with van der Waals surface area (Å²) in [5.41, 5.74) is 2.04. The van der Waals surface area contributed by atoms with Gasteiger partial charge in [-0.05, 0) is 42.7 Å². The van der Waals surface area contributed by atoms with Crippen LogP contribution in [0.1, 0.15) is 49.8 Å². The van der Waals surface area contributed by atoms with E-state index in [1.807, 2.05) is 35.2 Å². The van der Waals surface area contributed by atoms with Crippen molar-refractivity contribution in [3.05, 3.63) is 59.9 Å². The molecule has 1 saturated carbocycles. The molecule has 0 spiro atoms. The topological polar surface area (TPSA) is 51.7 Å². The molecule has 4 rings (SSSR count).